The van der Waals surface area contributed by atoms with Crippen molar-refractivity contribution in [2.75, 3.05) is 26.0 Å². The number of thiophene rings is 1. The van der Waals surface area contributed by atoms with Gasteiger partial charge in [-0.15, -0.1) is 11.3 Å². The Labute approximate surface area is 155 Å². The number of nitrogens with two attached hydrogens (primary N) is 1. The maximum absolute atomic E-state index is 13.2. The Morgan fingerprint density at radius 1 is 1.42 bits per heavy atom. The number of carbonyl (C=O) groups excluding carboxylic acids is 2. The van der Waals surface area contributed by atoms with E-state index < -0.39 is 5.41 Å². The molecule has 134 valence electrons. The Balaban J connectivity index is 1.99. The highest BCUT2D eigenvalue weighted by molar-refractivity contribution is 7.18. The minimum absolute atomic E-state index is 0.278. The molecule has 26 heavy (non-hydrogen) atoms. The van der Waals surface area contributed by atoms with E-state index >= 15 is 0 Å². The van der Waals surface area contributed by atoms with Crippen LogP contribution in [0.15, 0.2) is 30.3 Å². The summed E-state index contributed by atoms with van der Waals surface area (Å²) in [6.45, 7) is 0.752. The fourth-order valence-electron chi connectivity index (χ4n) is 3.30. The molecule has 3 rings (SSSR count). The zero-order valence-electron chi connectivity index (χ0n) is 14.4. The third-order valence-corrected chi connectivity index (χ3v) is 5.71. The van der Waals surface area contributed by atoms with Crippen LogP contribution in [-0.2, 0) is 16.6 Å². The van der Waals surface area contributed by atoms with Gasteiger partial charge in [-0.25, -0.2) is 0 Å². The number of anilines is 1. The fourth-order valence-corrected chi connectivity index (χ4v) is 4.43. The van der Waals surface area contributed by atoms with Gasteiger partial charge in [-0.1, -0.05) is 30.3 Å². The van der Waals surface area contributed by atoms with Crippen molar-refractivity contribution in [3.63, 3.8) is 0 Å². The Morgan fingerprint density at radius 3 is 2.81 bits per heavy atom. The lowest BCUT2D eigenvalue weighted by Gasteiger charge is -2.29. The predicted molar refractivity (Wildman–Crippen MR) is 99.3 cm³/mol. The number of hydrogen-bond donors (Lipinski definition) is 2. The Morgan fingerprint density at radius 2 is 2.15 bits per heavy atom. The lowest BCUT2D eigenvalue weighted by molar-refractivity contribution is 0.0908. The monoisotopic (exact) mass is 369 g/mol. The summed E-state index contributed by atoms with van der Waals surface area (Å²) in [5, 5.41) is 12.9. The highest BCUT2D eigenvalue weighted by atomic mass is 32.1. The highest BCUT2D eigenvalue weighted by Crippen LogP contribution is 2.44. The van der Waals surface area contributed by atoms with Crippen molar-refractivity contribution in [3.8, 4) is 6.07 Å². The molecule has 1 heterocycles. The van der Waals surface area contributed by atoms with E-state index in [0.717, 1.165) is 11.3 Å². The third kappa shape index (κ3) is 2.87. The van der Waals surface area contributed by atoms with Gasteiger partial charge in [0.1, 0.15) is 5.41 Å². The summed E-state index contributed by atoms with van der Waals surface area (Å²) in [5.74, 6) is -0.589. The van der Waals surface area contributed by atoms with E-state index in [1.807, 2.05) is 18.2 Å². The predicted octanol–water partition coefficient (Wildman–Crippen LogP) is 2.30. The second-order valence-electron chi connectivity index (χ2n) is 6.11. The molecule has 0 fully saturated rings. The van der Waals surface area contributed by atoms with Crippen LogP contribution >= 0.6 is 11.3 Å². The molecule has 7 heteroatoms. The van der Waals surface area contributed by atoms with Crippen LogP contribution in [0.5, 0.6) is 0 Å². The summed E-state index contributed by atoms with van der Waals surface area (Å²) in [4.78, 5) is 26.1. The molecule has 0 saturated heterocycles. The molecule has 6 nitrogen and oxygen atoms in total. The number of nitriles is 1. The van der Waals surface area contributed by atoms with Crippen LogP contribution in [0.2, 0.25) is 0 Å². The van der Waals surface area contributed by atoms with Crippen molar-refractivity contribution < 1.29 is 14.3 Å². The summed E-state index contributed by atoms with van der Waals surface area (Å²) >= 11 is 1.09. The summed E-state index contributed by atoms with van der Waals surface area (Å²) in [6, 6.07) is 11.3. The minimum Gasteiger partial charge on any atom is -0.390 e. The molecule has 3 N–H and O–H groups in total. The zero-order valence-corrected chi connectivity index (χ0v) is 15.2. The summed E-state index contributed by atoms with van der Waals surface area (Å²) in [6.07, 6.45) is 0.776. The van der Waals surface area contributed by atoms with Gasteiger partial charge in [0.15, 0.2) is 5.78 Å². The van der Waals surface area contributed by atoms with Crippen LogP contribution in [0.25, 0.3) is 0 Å². The Kier molecular flexibility index (Phi) is 5.07. The van der Waals surface area contributed by atoms with Gasteiger partial charge < -0.3 is 15.8 Å². The minimum atomic E-state index is -1.23. The Bertz CT molecular complexity index is 885. The SMILES string of the molecule is COCCNC(=O)c1c(N)sc2c1CCC(C#N)(c1ccccc1)C2=O. The zero-order chi connectivity index (χ0) is 18.7. The second-order valence-corrected chi connectivity index (χ2v) is 7.16. The molecule has 0 aliphatic heterocycles. The normalized spacial score (nSPS) is 18.8. The molecule has 1 aliphatic rings. The maximum atomic E-state index is 13.2. The van der Waals surface area contributed by atoms with Crippen molar-refractivity contribution in [1.82, 2.24) is 5.32 Å². The first-order chi connectivity index (χ1) is 12.5. The largest absolute Gasteiger partial charge is 0.390 e. The van der Waals surface area contributed by atoms with Crippen LogP contribution in [-0.4, -0.2) is 32.0 Å². The van der Waals surface area contributed by atoms with Gasteiger partial charge in [-0.2, -0.15) is 5.26 Å². The molecule has 1 atom stereocenters. The quantitative estimate of drug-likeness (QED) is 0.787. The topological polar surface area (TPSA) is 105 Å². The lowest BCUT2D eigenvalue weighted by atomic mass is 9.69. The van der Waals surface area contributed by atoms with Gasteiger partial charge in [-0.05, 0) is 24.0 Å². The molecule has 1 amide bonds. The third-order valence-electron chi connectivity index (χ3n) is 4.65. The van der Waals surface area contributed by atoms with Crippen molar-refractivity contribution in [1.29, 1.82) is 5.26 Å². The molecular formula is C19H19N3O3S. The first-order valence-corrected chi connectivity index (χ1v) is 9.06. The van der Waals surface area contributed by atoms with E-state index in [9.17, 15) is 14.9 Å². The van der Waals surface area contributed by atoms with Crippen molar-refractivity contribution in [3.05, 3.63) is 51.9 Å². The number of benzene rings is 1. The van der Waals surface area contributed by atoms with E-state index in [1.54, 1.807) is 19.2 Å². The molecule has 0 bridgehead atoms. The number of amides is 1. The van der Waals surface area contributed by atoms with Crippen LogP contribution in [0.3, 0.4) is 0 Å². The number of rotatable bonds is 5. The van der Waals surface area contributed by atoms with Crippen molar-refractivity contribution in [2.24, 2.45) is 0 Å². The van der Waals surface area contributed by atoms with E-state index in [4.69, 9.17) is 10.5 Å². The van der Waals surface area contributed by atoms with Gasteiger partial charge in [-0.3, -0.25) is 9.59 Å². The van der Waals surface area contributed by atoms with Gasteiger partial charge in [0.25, 0.3) is 5.91 Å². The molecular weight excluding hydrogens is 350 g/mol. The number of fused-ring (bicyclic) bond motifs is 1. The number of ether oxygens (including phenoxy) is 1. The van der Waals surface area contributed by atoms with Gasteiger partial charge >= 0.3 is 0 Å². The van der Waals surface area contributed by atoms with E-state index in [1.165, 1.54) is 0 Å². The van der Waals surface area contributed by atoms with Crippen LogP contribution in [0, 0.1) is 11.3 Å². The van der Waals surface area contributed by atoms with E-state index in [0.29, 0.717) is 52.6 Å². The average Bonchev–Trinajstić information content (AvgIpc) is 3.00. The van der Waals surface area contributed by atoms with Crippen molar-refractivity contribution >= 4 is 28.0 Å². The molecule has 1 aromatic heterocycles. The lowest BCUT2D eigenvalue weighted by Crippen LogP contribution is -2.39. The Hall–Kier alpha value is -2.69. The van der Waals surface area contributed by atoms with Crippen molar-refractivity contribution in [2.45, 2.75) is 18.3 Å². The van der Waals surface area contributed by atoms with Crippen LogP contribution in [0.1, 0.15) is 37.6 Å². The number of hydrogen-bond acceptors (Lipinski definition) is 6. The first kappa shape index (κ1) is 18.1. The van der Waals surface area contributed by atoms with Gasteiger partial charge in [0.05, 0.1) is 28.1 Å². The molecule has 0 spiro atoms. The van der Waals surface area contributed by atoms with Gasteiger partial charge in [0.2, 0.25) is 0 Å². The molecule has 1 aliphatic carbocycles. The van der Waals surface area contributed by atoms with Crippen LogP contribution < -0.4 is 11.1 Å². The number of carbonyl (C=O) groups is 2. The van der Waals surface area contributed by atoms with Crippen LogP contribution in [0.4, 0.5) is 5.00 Å². The molecule has 1 aromatic carbocycles. The summed E-state index contributed by atoms with van der Waals surface area (Å²) in [7, 11) is 1.55. The number of Topliss-reactive ketones (excluding diaryl/α,β-unsaturated/α-hetero) is 1. The van der Waals surface area contributed by atoms with E-state index in [2.05, 4.69) is 11.4 Å². The van der Waals surface area contributed by atoms with Gasteiger partial charge in [0, 0.05) is 13.7 Å². The fraction of sp³-hybridized carbons (Fsp3) is 0.316. The molecule has 0 radical (unpaired) electrons. The number of methoxy groups -OCH3 is 1. The first-order valence-electron chi connectivity index (χ1n) is 8.25. The number of ketones is 1. The summed E-state index contributed by atoms with van der Waals surface area (Å²) < 4.78 is 4.93. The summed E-state index contributed by atoms with van der Waals surface area (Å²) in [5.41, 5.74) is 6.50. The maximum Gasteiger partial charge on any atom is 0.254 e. The highest BCUT2D eigenvalue weighted by Gasteiger charge is 2.47. The standard InChI is InChI=1S/C19H19N3O3S/c1-25-10-9-22-18(24)14-13-7-8-19(11-20,12-5-3-2-4-6-12)16(23)15(13)26-17(14)21/h2-6H,7-10,21H2,1H3,(H,22,24). The molecule has 2 aromatic rings. The molecule has 1 unspecified atom stereocenters. The smallest absolute Gasteiger partial charge is 0.254 e. The molecule has 0 saturated carbocycles. The van der Waals surface area contributed by atoms with E-state index in [-0.39, 0.29) is 11.7 Å². The number of nitrogen functional groups attached to an aromatic ring is 1. The number of nitrogens with one attached hydrogen (secondary N) is 1. The number of nitrogens with zero attached hydrogens (tertiary/aromatic N) is 1. The average molecular weight is 369 g/mol. The second kappa shape index (κ2) is 7.28.